The largest absolute Gasteiger partial charge is 0.496 e. The first kappa shape index (κ1) is 24.3. The summed E-state index contributed by atoms with van der Waals surface area (Å²) >= 11 is 0. The van der Waals surface area contributed by atoms with E-state index in [0.29, 0.717) is 19.7 Å². The van der Waals surface area contributed by atoms with Gasteiger partial charge in [-0.05, 0) is 42.7 Å². The third-order valence-corrected chi connectivity index (χ3v) is 5.01. The summed E-state index contributed by atoms with van der Waals surface area (Å²) < 4.78 is 17.0. The van der Waals surface area contributed by atoms with Crippen LogP contribution in [0.1, 0.15) is 28.7 Å². The Kier molecular flexibility index (Phi) is 9.71. The lowest BCUT2D eigenvalue weighted by Crippen LogP contribution is -2.36. The molecule has 1 fully saturated rings. The molecule has 0 amide bonds. The monoisotopic (exact) mass is 525 g/mol. The van der Waals surface area contributed by atoms with Crippen molar-refractivity contribution in [1.82, 2.24) is 10.6 Å². The van der Waals surface area contributed by atoms with Crippen LogP contribution in [0.5, 0.6) is 11.5 Å². The first-order chi connectivity index (χ1) is 14.1. The van der Waals surface area contributed by atoms with E-state index in [1.807, 2.05) is 13.0 Å². The van der Waals surface area contributed by atoms with Crippen molar-refractivity contribution in [3.05, 3.63) is 58.7 Å². The molecule has 1 aliphatic heterocycles. The Labute approximate surface area is 196 Å². The zero-order chi connectivity index (χ0) is 20.6. The van der Waals surface area contributed by atoms with E-state index in [9.17, 15) is 0 Å². The van der Waals surface area contributed by atoms with Crippen LogP contribution in [0, 0.1) is 13.8 Å². The molecule has 0 saturated carbocycles. The highest BCUT2D eigenvalue weighted by Crippen LogP contribution is 2.24. The number of aliphatic imine (C=N–C) groups is 1. The molecule has 0 radical (unpaired) electrons. The predicted molar refractivity (Wildman–Crippen MR) is 131 cm³/mol. The molecule has 2 aromatic rings. The highest BCUT2D eigenvalue weighted by Gasteiger charge is 2.18. The van der Waals surface area contributed by atoms with Crippen LogP contribution in [0.15, 0.2) is 41.4 Å². The molecule has 7 heteroatoms. The number of rotatable bonds is 7. The zero-order valence-corrected chi connectivity index (χ0v) is 20.5. The normalized spacial score (nSPS) is 16.0. The molecular formula is C23H32IN3O3. The summed E-state index contributed by atoms with van der Waals surface area (Å²) in [5, 5.41) is 6.73. The van der Waals surface area contributed by atoms with Crippen molar-refractivity contribution in [2.24, 2.45) is 4.99 Å². The highest BCUT2D eigenvalue weighted by atomic mass is 127. The Bertz CT molecular complexity index is 852. The molecule has 2 aromatic carbocycles. The van der Waals surface area contributed by atoms with E-state index in [1.165, 1.54) is 5.56 Å². The van der Waals surface area contributed by atoms with Gasteiger partial charge in [-0.1, -0.05) is 24.3 Å². The predicted octanol–water partition coefficient (Wildman–Crippen LogP) is 3.96. The van der Waals surface area contributed by atoms with E-state index < -0.39 is 0 Å². The molecule has 0 aliphatic carbocycles. The van der Waals surface area contributed by atoms with Gasteiger partial charge >= 0.3 is 0 Å². The van der Waals surface area contributed by atoms with Crippen LogP contribution in [-0.4, -0.2) is 39.4 Å². The quantitative estimate of drug-likeness (QED) is 0.326. The molecule has 1 heterocycles. The fourth-order valence-electron chi connectivity index (χ4n) is 3.26. The summed E-state index contributed by atoms with van der Waals surface area (Å²) in [6, 6.07) is 12.5. The second-order valence-electron chi connectivity index (χ2n) is 7.30. The number of nitrogens with zero attached hydrogens (tertiary/aromatic N) is 1. The van der Waals surface area contributed by atoms with Crippen LogP contribution in [0.25, 0.3) is 0 Å². The molecule has 164 valence electrons. The number of nitrogens with one attached hydrogen (secondary N) is 2. The summed E-state index contributed by atoms with van der Waals surface area (Å²) in [7, 11) is 3.46. The molecule has 6 nitrogen and oxygen atoms in total. The van der Waals surface area contributed by atoms with E-state index in [0.717, 1.165) is 47.2 Å². The minimum absolute atomic E-state index is 0. The lowest BCUT2D eigenvalue weighted by molar-refractivity contribution is 0.140. The minimum atomic E-state index is 0. The molecular weight excluding hydrogens is 493 g/mol. The molecule has 1 unspecified atom stereocenters. The Balaban J connectivity index is 0.00000320. The van der Waals surface area contributed by atoms with Gasteiger partial charge in [0, 0.05) is 32.1 Å². The van der Waals surface area contributed by atoms with Crippen LogP contribution < -0.4 is 20.1 Å². The van der Waals surface area contributed by atoms with Crippen molar-refractivity contribution in [3.8, 4) is 11.5 Å². The van der Waals surface area contributed by atoms with Gasteiger partial charge in [0.15, 0.2) is 5.96 Å². The van der Waals surface area contributed by atoms with Crippen LogP contribution in [0.2, 0.25) is 0 Å². The number of ether oxygens (including phenoxy) is 3. The van der Waals surface area contributed by atoms with Crippen LogP contribution >= 0.6 is 24.0 Å². The molecule has 0 aromatic heterocycles. The lowest BCUT2D eigenvalue weighted by atomic mass is 10.1. The van der Waals surface area contributed by atoms with Crippen molar-refractivity contribution in [2.45, 2.75) is 39.5 Å². The standard InChI is InChI=1S/C23H31N3O3.HI/c1-16-5-8-19(22(11-16)29-20-9-10-28-15-20)14-26-23(24-3)25-13-18-7-6-17(2)21(12-18)27-4;/h5-8,11-12,20H,9-10,13-15H2,1-4H3,(H2,24,25,26);1H. The van der Waals surface area contributed by atoms with Crippen molar-refractivity contribution in [3.63, 3.8) is 0 Å². The van der Waals surface area contributed by atoms with E-state index in [-0.39, 0.29) is 30.1 Å². The summed E-state index contributed by atoms with van der Waals surface area (Å²) in [5.41, 5.74) is 4.54. The van der Waals surface area contributed by atoms with Gasteiger partial charge in [-0.3, -0.25) is 4.99 Å². The Morgan fingerprint density at radius 1 is 1.10 bits per heavy atom. The highest BCUT2D eigenvalue weighted by molar-refractivity contribution is 14.0. The molecule has 1 aliphatic rings. The van der Waals surface area contributed by atoms with Crippen molar-refractivity contribution in [1.29, 1.82) is 0 Å². The van der Waals surface area contributed by atoms with E-state index in [4.69, 9.17) is 14.2 Å². The maximum absolute atomic E-state index is 6.18. The van der Waals surface area contributed by atoms with E-state index in [2.05, 4.69) is 52.9 Å². The minimum Gasteiger partial charge on any atom is -0.496 e. The van der Waals surface area contributed by atoms with Gasteiger partial charge in [-0.15, -0.1) is 24.0 Å². The van der Waals surface area contributed by atoms with Gasteiger partial charge in [-0.25, -0.2) is 0 Å². The summed E-state index contributed by atoms with van der Waals surface area (Å²) in [4.78, 5) is 4.33. The Morgan fingerprint density at radius 2 is 1.90 bits per heavy atom. The van der Waals surface area contributed by atoms with Gasteiger partial charge in [0.2, 0.25) is 0 Å². The summed E-state index contributed by atoms with van der Waals surface area (Å²) in [6.45, 7) is 6.82. The average Bonchev–Trinajstić information content (AvgIpc) is 3.23. The molecule has 0 bridgehead atoms. The number of benzene rings is 2. The van der Waals surface area contributed by atoms with Crippen molar-refractivity contribution in [2.75, 3.05) is 27.4 Å². The summed E-state index contributed by atoms with van der Waals surface area (Å²) in [6.07, 6.45) is 1.06. The smallest absolute Gasteiger partial charge is 0.191 e. The first-order valence-electron chi connectivity index (χ1n) is 10.0. The van der Waals surface area contributed by atoms with Crippen LogP contribution in [0.3, 0.4) is 0 Å². The van der Waals surface area contributed by atoms with Crippen molar-refractivity contribution < 1.29 is 14.2 Å². The fraction of sp³-hybridized carbons (Fsp3) is 0.435. The van der Waals surface area contributed by atoms with Gasteiger partial charge in [0.05, 0.1) is 20.3 Å². The zero-order valence-electron chi connectivity index (χ0n) is 18.2. The molecule has 30 heavy (non-hydrogen) atoms. The molecule has 0 spiro atoms. The third-order valence-electron chi connectivity index (χ3n) is 5.01. The van der Waals surface area contributed by atoms with Gasteiger partial charge in [-0.2, -0.15) is 0 Å². The number of halogens is 1. The number of hydrogen-bond donors (Lipinski definition) is 2. The Morgan fingerprint density at radius 3 is 2.60 bits per heavy atom. The lowest BCUT2D eigenvalue weighted by Gasteiger charge is -2.18. The van der Waals surface area contributed by atoms with E-state index in [1.54, 1.807) is 14.2 Å². The van der Waals surface area contributed by atoms with Gasteiger partial charge < -0.3 is 24.8 Å². The maximum Gasteiger partial charge on any atom is 0.191 e. The SMILES string of the molecule is CN=C(NCc1ccc(C)c(OC)c1)NCc1ccc(C)cc1OC1CCOC1.I. The topological polar surface area (TPSA) is 64.1 Å². The molecule has 3 rings (SSSR count). The first-order valence-corrected chi connectivity index (χ1v) is 10.0. The number of hydrogen-bond acceptors (Lipinski definition) is 4. The van der Waals surface area contributed by atoms with Crippen LogP contribution in [-0.2, 0) is 17.8 Å². The molecule has 1 atom stereocenters. The number of aryl methyl sites for hydroxylation is 2. The van der Waals surface area contributed by atoms with Crippen molar-refractivity contribution >= 4 is 29.9 Å². The average molecular weight is 525 g/mol. The molecule has 1 saturated heterocycles. The maximum atomic E-state index is 6.18. The summed E-state index contributed by atoms with van der Waals surface area (Å²) in [5.74, 6) is 2.54. The van der Waals surface area contributed by atoms with Crippen LogP contribution in [0.4, 0.5) is 0 Å². The van der Waals surface area contributed by atoms with E-state index >= 15 is 0 Å². The van der Waals surface area contributed by atoms with Gasteiger partial charge in [0.25, 0.3) is 0 Å². The second-order valence-corrected chi connectivity index (χ2v) is 7.30. The second kappa shape index (κ2) is 12.0. The van der Waals surface area contributed by atoms with Gasteiger partial charge in [0.1, 0.15) is 17.6 Å². The number of guanidine groups is 1. The Hall–Kier alpha value is -2.00. The fourth-order valence-corrected chi connectivity index (χ4v) is 3.26. The molecule has 2 N–H and O–H groups in total. The third kappa shape index (κ3) is 6.77. The number of methoxy groups -OCH3 is 1.